The summed E-state index contributed by atoms with van der Waals surface area (Å²) in [4.78, 5) is 4.56. The van der Waals surface area contributed by atoms with Crippen LogP contribution in [0.1, 0.15) is 18.2 Å². The molecule has 1 heterocycles. The Labute approximate surface area is 106 Å². The number of hydrogen-bond acceptors (Lipinski definition) is 2. The average Bonchev–Trinajstić information content (AvgIpc) is 2.28. The summed E-state index contributed by atoms with van der Waals surface area (Å²) in [5.74, 6) is 0. The van der Waals surface area contributed by atoms with Crippen LogP contribution in [0.25, 0.3) is 10.9 Å². The number of aryl methyl sites for hydroxylation is 1. The SMILES string of the molecule is CC(Cl)=CCc1c(C)nc2ccccc2c1N. The van der Waals surface area contributed by atoms with Gasteiger partial charge in [0.25, 0.3) is 0 Å². The van der Waals surface area contributed by atoms with Crippen molar-refractivity contribution in [3.8, 4) is 0 Å². The molecule has 0 fully saturated rings. The molecule has 17 heavy (non-hydrogen) atoms. The Bertz CT molecular complexity index is 584. The number of anilines is 1. The number of nitrogen functional groups attached to an aromatic ring is 1. The topological polar surface area (TPSA) is 38.9 Å². The minimum Gasteiger partial charge on any atom is -0.398 e. The van der Waals surface area contributed by atoms with E-state index in [1.807, 2.05) is 44.2 Å². The number of aromatic nitrogens is 1. The maximum absolute atomic E-state index is 6.19. The zero-order chi connectivity index (χ0) is 12.4. The summed E-state index contributed by atoms with van der Waals surface area (Å²) in [6, 6.07) is 7.92. The highest BCUT2D eigenvalue weighted by atomic mass is 35.5. The molecule has 0 aliphatic heterocycles. The van der Waals surface area contributed by atoms with E-state index in [0.29, 0.717) is 0 Å². The van der Waals surface area contributed by atoms with Crippen molar-refractivity contribution in [2.75, 3.05) is 5.73 Å². The monoisotopic (exact) mass is 246 g/mol. The van der Waals surface area contributed by atoms with Gasteiger partial charge in [0.2, 0.25) is 0 Å². The first-order valence-electron chi connectivity index (χ1n) is 5.55. The summed E-state index contributed by atoms with van der Waals surface area (Å²) >= 11 is 5.85. The van der Waals surface area contributed by atoms with Crippen LogP contribution in [0.5, 0.6) is 0 Å². The molecule has 0 spiro atoms. The van der Waals surface area contributed by atoms with Gasteiger partial charge in [0, 0.05) is 27.4 Å². The molecule has 88 valence electrons. The molecule has 1 aromatic heterocycles. The van der Waals surface area contributed by atoms with Gasteiger partial charge in [-0.3, -0.25) is 4.98 Å². The van der Waals surface area contributed by atoms with Gasteiger partial charge >= 0.3 is 0 Å². The molecule has 0 bridgehead atoms. The molecule has 0 saturated heterocycles. The molecule has 0 unspecified atom stereocenters. The van der Waals surface area contributed by atoms with E-state index in [0.717, 1.165) is 39.3 Å². The van der Waals surface area contributed by atoms with E-state index in [2.05, 4.69) is 4.98 Å². The van der Waals surface area contributed by atoms with Crippen molar-refractivity contribution in [2.45, 2.75) is 20.3 Å². The van der Waals surface area contributed by atoms with Crippen molar-refractivity contribution < 1.29 is 0 Å². The molecule has 2 aromatic rings. The molecule has 1 aromatic carbocycles. The molecule has 2 nitrogen and oxygen atoms in total. The smallest absolute Gasteiger partial charge is 0.0726 e. The largest absolute Gasteiger partial charge is 0.398 e. The molecule has 3 heteroatoms. The fourth-order valence-electron chi connectivity index (χ4n) is 1.90. The Hall–Kier alpha value is -1.54. The minimum atomic E-state index is 0.727. The van der Waals surface area contributed by atoms with Gasteiger partial charge < -0.3 is 5.73 Å². The van der Waals surface area contributed by atoms with Crippen LogP contribution in [0, 0.1) is 6.92 Å². The Morgan fingerprint density at radius 3 is 2.82 bits per heavy atom. The third-order valence-corrected chi connectivity index (χ3v) is 2.99. The van der Waals surface area contributed by atoms with Gasteiger partial charge in [0.05, 0.1) is 5.52 Å². The van der Waals surface area contributed by atoms with Crippen LogP contribution in [-0.4, -0.2) is 4.98 Å². The zero-order valence-electron chi connectivity index (χ0n) is 10.00. The number of para-hydroxylation sites is 1. The second kappa shape index (κ2) is 4.76. The number of halogens is 1. The van der Waals surface area contributed by atoms with E-state index in [1.165, 1.54) is 0 Å². The summed E-state index contributed by atoms with van der Waals surface area (Å²) in [5, 5.41) is 1.78. The average molecular weight is 247 g/mol. The first kappa shape index (κ1) is 11.9. The van der Waals surface area contributed by atoms with E-state index in [9.17, 15) is 0 Å². The molecule has 0 radical (unpaired) electrons. The van der Waals surface area contributed by atoms with Gasteiger partial charge in [-0.05, 0) is 26.3 Å². The Balaban J connectivity index is 2.59. The standard InChI is InChI=1S/C14H15ClN2/c1-9(15)7-8-11-10(2)17-13-6-4-3-5-12(13)14(11)16/h3-7H,8H2,1-2H3,(H2,16,17). The van der Waals surface area contributed by atoms with Crippen molar-refractivity contribution in [3.05, 3.63) is 46.6 Å². The predicted molar refractivity (Wildman–Crippen MR) is 74.2 cm³/mol. The molecule has 0 saturated carbocycles. The summed E-state index contributed by atoms with van der Waals surface area (Å²) in [5.41, 5.74) is 9.97. The number of benzene rings is 1. The molecular weight excluding hydrogens is 232 g/mol. The highest BCUT2D eigenvalue weighted by molar-refractivity contribution is 6.29. The highest BCUT2D eigenvalue weighted by Crippen LogP contribution is 2.26. The van der Waals surface area contributed by atoms with Crippen LogP contribution >= 0.6 is 11.6 Å². The van der Waals surface area contributed by atoms with Crippen LogP contribution in [0.3, 0.4) is 0 Å². The van der Waals surface area contributed by atoms with Crippen molar-refractivity contribution in [2.24, 2.45) is 0 Å². The number of pyridine rings is 1. The third kappa shape index (κ3) is 2.42. The quantitative estimate of drug-likeness (QED) is 0.875. The number of nitrogens with zero attached hydrogens (tertiary/aromatic N) is 1. The maximum Gasteiger partial charge on any atom is 0.0726 e. The first-order chi connectivity index (χ1) is 8.09. The lowest BCUT2D eigenvalue weighted by atomic mass is 10.0. The van der Waals surface area contributed by atoms with E-state index < -0.39 is 0 Å². The molecule has 0 aliphatic rings. The van der Waals surface area contributed by atoms with Crippen molar-refractivity contribution >= 4 is 28.2 Å². The Morgan fingerprint density at radius 2 is 2.12 bits per heavy atom. The number of fused-ring (bicyclic) bond motifs is 1. The van der Waals surface area contributed by atoms with Crippen molar-refractivity contribution in [1.82, 2.24) is 4.98 Å². The lowest BCUT2D eigenvalue weighted by Gasteiger charge is -2.10. The van der Waals surface area contributed by atoms with Crippen molar-refractivity contribution in [3.63, 3.8) is 0 Å². The predicted octanol–water partition coefficient (Wildman–Crippen LogP) is 3.81. The van der Waals surface area contributed by atoms with Gasteiger partial charge in [-0.2, -0.15) is 0 Å². The molecule has 0 atom stereocenters. The maximum atomic E-state index is 6.19. The number of hydrogen-bond donors (Lipinski definition) is 1. The van der Waals surface area contributed by atoms with E-state index in [-0.39, 0.29) is 0 Å². The summed E-state index contributed by atoms with van der Waals surface area (Å²) in [6.07, 6.45) is 2.68. The third-order valence-electron chi connectivity index (χ3n) is 2.83. The van der Waals surface area contributed by atoms with E-state index in [1.54, 1.807) is 0 Å². The molecule has 2 N–H and O–H groups in total. The van der Waals surface area contributed by atoms with Gasteiger partial charge in [-0.1, -0.05) is 35.9 Å². The van der Waals surface area contributed by atoms with Crippen LogP contribution in [0.4, 0.5) is 5.69 Å². The number of allylic oxidation sites excluding steroid dienone is 2. The lowest BCUT2D eigenvalue weighted by Crippen LogP contribution is -2.00. The molecule has 0 aliphatic carbocycles. The number of rotatable bonds is 2. The van der Waals surface area contributed by atoms with Gasteiger partial charge in [-0.25, -0.2) is 0 Å². The van der Waals surface area contributed by atoms with Crippen LogP contribution in [-0.2, 0) is 6.42 Å². The van der Waals surface area contributed by atoms with Crippen molar-refractivity contribution in [1.29, 1.82) is 0 Å². The number of nitrogens with two attached hydrogens (primary N) is 1. The highest BCUT2D eigenvalue weighted by Gasteiger charge is 2.08. The second-order valence-electron chi connectivity index (χ2n) is 4.10. The van der Waals surface area contributed by atoms with E-state index >= 15 is 0 Å². The minimum absolute atomic E-state index is 0.727. The lowest BCUT2D eigenvalue weighted by molar-refractivity contribution is 1.13. The fraction of sp³-hybridized carbons (Fsp3) is 0.214. The van der Waals surface area contributed by atoms with Crippen LogP contribution < -0.4 is 5.73 Å². The Kier molecular flexibility index (Phi) is 3.34. The van der Waals surface area contributed by atoms with E-state index in [4.69, 9.17) is 17.3 Å². The molecule has 2 rings (SSSR count). The van der Waals surface area contributed by atoms with Crippen LogP contribution in [0.2, 0.25) is 0 Å². The van der Waals surface area contributed by atoms with Gasteiger partial charge in [-0.15, -0.1) is 0 Å². The van der Waals surface area contributed by atoms with Gasteiger partial charge in [0.15, 0.2) is 0 Å². The molecular formula is C14H15ClN2. The van der Waals surface area contributed by atoms with Gasteiger partial charge in [0.1, 0.15) is 0 Å². The fourth-order valence-corrected chi connectivity index (χ4v) is 1.98. The summed E-state index contributed by atoms with van der Waals surface area (Å²) in [6.45, 7) is 3.84. The van der Waals surface area contributed by atoms with Crippen LogP contribution in [0.15, 0.2) is 35.4 Å². The normalized spacial score (nSPS) is 12.1. The summed E-state index contributed by atoms with van der Waals surface area (Å²) in [7, 11) is 0. The zero-order valence-corrected chi connectivity index (χ0v) is 10.8. The first-order valence-corrected chi connectivity index (χ1v) is 5.93. The summed E-state index contributed by atoms with van der Waals surface area (Å²) < 4.78 is 0. The second-order valence-corrected chi connectivity index (χ2v) is 4.70. The Morgan fingerprint density at radius 1 is 1.41 bits per heavy atom. The molecule has 0 amide bonds.